The molecular formula is C15H23N3O9S. The fourth-order valence-electron chi connectivity index (χ4n) is 1.87. The first kappa shape index (κ1) is 25.2. The van der Waals surface area contributed by atoms with Crippen molar-refractivity contribution in [1.82, 2.24) is 10.2 Å². The number of aliphatic carboxylic acids is 2. The van der Waals surface area contributed by atoms with Crippen LogP contribution in [0.3, 0.4) is 0 Å². The van der Waals surface area contributed by atoms with Gasteiger partial charge in [0.05, 0.1) is 6.61 Å². The van der Waals surface area contributed by atoms with E-state index >= 15 is 0 Å². The lowest BCUT2D eigenvalue weighted by Gasteiger charge is -2.23. The average molecular weight is 421 g/mol. The van der Waals surface area contributed by atoms with Gasteiger partial charge in [-0.2, -0.15) is 11.8 Å². The maximum absolute atomic E-state index is 12.4. The van der Waals surface area contributed by atoms with Gasteiger partial charge in [0.25, 0.3) is 0 Å². The number of rotatable bonds is 12. The highest BCUT2D eigenvalue weighted by molar-refractivity contribution is 8.00. The quantitative estimate of drug-likeness (QED) is 0.0825. The van der Waals surface area contributed by atoms with Crippen molar-refractivity contribution in [2.75, 3.05) is 31.2 Å². The molecular weight excluding hydrogens is 398 g/mol. The predicted molar refractivity (Wildman–Crippen MR) is 97.3 cm³/mol. The van der Waals surface area contributed by atoms with Crippen LogP contribution >= 0.6 is 11.8 Å². The molecule has 0 rings (SSSR count). The minimum absolute atomic E-state index is 0.0613. The van der Waals surface area contributed by atoms with E-state index in [0.29, 0.717) is 4.90 Å². The fraction of sp³-hybridized carbons (Fsp3) is 0.600. The zero-order valence-corrected chi connectivity index (χ0v) is 16.2. The van der Waals surface area contributed by atoms with Crippen LogP contribution in [0, 0.1) is 5.92 Å². The smallest absolute Gasteiger partial charge is 0.356 e. The van der Waals surface area contributed by atoms with Gasteiger partial charge >= 0.3 is 23.9 Å². The van der Waals surface area contributed by atoms with Gasteiger partial charge in [-0.05, 0) is 13.3 Å². The largest absolute Gasteiger partial charge is 0.481 e. The zero-order chi connectivity index (χ0) is 21.7. The molecule has 0 aliphatic heterocycles. The summed E-state index contributed by atoms with van der Waals surface area (Å²) in [5.74, 6) is -6.02. The molecule has 0 aromatic heterocycles. The van der Waals surface area contributed by atoms with E-state index in [1.807, 2.05) is 5.32 Å². The van der Waals surface area contributed by atoms with Gasteiger partial charge in [-0.1, -0.05) is 12.1 Å². The number of thioether (sulfide) groups is 1. The summed E-state index contributed by atoms with van der Waals surface area (Å²) in [4.78, 5) is 58.3. The van der Waals surface area contributed by atoms with Gasteiger partial charge in [-0.25, -0.2) is 9.59 Å². The SMILES string of the molecule is CCOC(=O)/C(CSCCN(C(=O)NCC(=O)O)C(=O)C(CC)C(=O)O)=N\O. The van der Waals surface area contributed by atoms with E-state index in [2.05, 4.69) is 9.89 Å². The second kappa shape index (κ2) is 13.4. The highest BCUT2D eigenvalue weighted by atomic mass is 32.2. The van der Waals surface area contributed by atoms with E-state index in [9.17, 15) is 24.0 Å². The average Bonchev–Trinajstić information content (AvgIpc) is 2.63. The van der Waals surface area contributed by atoms with Crippen LogP contribution in [0.1, 0.15) is 20.3 Å². The third-order valence-electron chi connectivity index (χ3n) is 3.24. The molecule has 1 atom stereocenters. The van der Waals surface area contributed by atoms with Crippen molar-refractivity contribution in [3.8, 4) is 0 Å². The summed E-state index contributed by atoms with van der Waals surface area (Å²) in [6, 6.07) is -1.05. The number of carboxylic acids is 2. The first-order valence-electron chi connectivity index (χ1n) is 8.19. The summed E-state index contributed by atoms with van der Waals surface area (Å²) >= 11 is 1.03. The van der Waals surface area contributed by atoms with Gasteiger partial charge < -0.3 is 25.5 Å². The minimum Gasteiger partial charge on any atom is -0.481 e. The number of carboxylic acid groups (broad SMARTS) is 2. The van der Waals surface area contributed by atoms with E-state index in [1.165, 1.54) is 6.92 Å². The van der Waals surface area contributed by atoms with E-state index in [4.69, 9.17) is 15.4 Å². The molecule has 0 aliphatic rings. The molecule has 3 amide bonds. The lowest BCUT2D eigenvalue weighted by Crippen LogP contribution is -2.49. The lowest BCUT2D eigenvalue weighted by molar-refractivity contribution is -0.150. The van der Waals surface area contributed by atoms with Crippen LogP contribution in [0.5, 0.6) is 0 Å². The molecule has 0 heterocycles. The number of carbonyl (C=O) groups is 5. The molecule has 158 valence electrons. The Kier molecular flexibility index (Phi) is 12.0. The van der Waals surface area contributed by atoms with E-state index in [0.717, 1.165) is 11.8 Å². The molecule has 4 N–H and O–H groups in total. The highest BCUT2D eigenvalue weighted by Crippen LogP contribution is 2.11. The number of oxime groups is 1. The Hall–Kier alpha value is -2.83. The van der Waals surface area contributed by atoms with Crippen LogP contribution in [0.2, 0.25) is 0 Å². The molecule has 0 saturated carbocycles. The van der Waals surface area contributed by atoms with Crippen molar-refractivity contribution >= 4 is 47.3 Å². The van der Waals surface area contributed by atoms with Crippen molar-refractivity contribution in [2.24, 2.45) is 11.1 Å². The zero-order valence-electron chi connectivity index (χ0n) is 15.4. The molecule has 12 nitrogen and oxygen atoms in total. The Morgan fingerprint density at radius 2 is 1.82 bits per heavy atom. The molecule has 0 aliphatic carbocycles. The van der Waals surface area contributed by atoms with Crippen molar-refractivity contribution < 1.29 is 44.1 Å². The van der Waals surface area contributed by atoms with Crippen molar-refractivity contribution in [3.63, 3.8) is 0 Å². The first-order valence-corrected chi connectivity index (χ1v) is 9.34. The van der Waals surface area contributed by atoms with Crippen molar-refractivity contribution in [1.29, 1.82) is 0 Å². The third-order valence-corrected chi connectivity index (χ3v) is 4.19. The summed E-state index contributed by atoms with van der Waals surface area (Å²) in [7, 11) is 0. The summed E-state index contributed by atoms with van der Waals surface area (Å²) < 4.78 is 4.68. The van der Waals surface area contributed by atoms with E-state index in [1.54, 1.807) is 6.92 Å². The van der Waals surface area contributed by atoms with Gasteiger partial charge in [-0.15, -0.1) is 0 Å². The topological polar surface area (TPSA) is 183 Å². The number of esters is 1. The molecule has 1 unspecified atom stereocenters. The Bertz CT molecular complexity index is 624. The number of carbonyl (C=O) groups excluding carboxylic acids is 3. The fourth-order valence-corrected chi connectivity index (χ4v) is 2.69. The first-order chi connectivity index (χ1) is 13.2. The number of hydrogen-bond donors (Lipinski definition) is 4. The molecule has 0 aromatic carbocycles. The summed E-state index contributed by atoms with van der Waals surface area (Å²) in [5, 5.41) is 31.4. The van der Waals surface area contributed by atoms with Crippen LogP contribution in [0.25, 0.3) is 0 Å². The van der Waals surface area contributed by atoms with Crippen LogP contribution in [-0.2, 0) is 23.9 Å². The number of nitrogens with one attached hydrogen (secondary N) is 1. The standard InChI is InChI=1S/C15H23N3O9S/c1-3-9(13(22)23)12(21)18(15(25)16-7-11(19)20)5-6-28-8-10(17-26)14(24)27-4-2/h9,26H,3-8H2,1-2H3,(H,16,25)(H,19,20)(H,22,23)/b17-10-. The molecule has 0 bridgehead atoms. The number of imide groups is 1. The van der Waals surface area contributed by atoms with Gasteiger partial charge in [0.1, 0.15) is 12.5 Å². The Labute approximate surface area is 164 Å². The third kappa shape index (κ3) is 8.70. The molecule has 13 heteroatoms. The van der Waals surface area contributed by atoms with Crippen LogP contribution < -0.4 is 5.32 Å². The van der Waals surface area contributed by atoms with Crippen LogP contribution in [0.15, 0.2) is 5.16 Å². The van der Waals surface area contributed by atoms with Crippen LogP contribution in [-0.4, -0.2) is 87.1 Å². The van der Waals surface area contributed by atoms with Crippen molar-refractivity contribution in [2.45, 2.75) is 20.3 Å². The van der Waals surface area contributed by atoms with Gasteiger partial charge in [0.15, 0.2) is 5.71 Å². The Morgan fingerprint density at radius 1 is 1.18 bits per heavy atom. The highest BCUT2D eigenvalue weighted by Gasteiger charge is 2.32. The molecule has 28 heavy (non-hydrogen) atoms. The molecule has 0 spiro atoms. The second-order valence-corrected chi connectivity index (χ2v) is 6.27. The molecule has 0 radical (unpaired) electrons. The Balaban J connectivity index is 5.00. The van der Waals surface area contributed by atoms with E-state index in [-0.39, 0.29) is 36.8 Å². The predicted octanol–water partition coefficient (Wildman–Crippen LogP) is -0.153. The minimum atomic E-state index is -1.46. The summed E-state index contributed by atoms with van der Waals surface area (Å²) in [5.41, 5.74) is -0.267. The monoisotopic (exact) mass is 421 g/mol. The second-order valence-electron chi connectivity index (χ2n) is 5.16. The molecule has 0 aromatic rings. The summed E-state index contributed by atoms with van der Waals surface area (Å²) in [6.07, 6.45) is -0.0613. The maximum atomic E-state index is 12.4. The number of hydrogen-bond acceptors (Lipinski definition) is 9. The molecule has 0 fully saturated rings. The van der Waals surface area contributed by atoms with Gasteiger partial charge in [-0.3, -0.25) is 19.3 Å². The van der Waals surface area contributed by atoms with Gasteiger partial charge in [0.2, 0.25) is 5.91 Å². The normalized spacial score (nSPS) is 12.0. The summed E-state index contributed by atoms with van der Waals surface area (Å²) in [6.45, 7) is 2.13. The van der Waals surface area contributed by atoms with Gasteiger partial charge in [0, 0.05) is 18.1 Å². The number of urea groups is 1. The number of ether oxygens (including phenoxy) is 1. The maximum Gasteiger partial charge on any atom is 0.356 e. The number of nitrogens with zero attached hydrogens (tertiary/aromatic N) is 2. The van der Waals surface area contributed by atoms with Crippen molar-refractivity contribution in [3.05, 3.63) is 0 Å². The van der Waals surface area contributed by atoms with Crippen LogP contribution in [0.4, 0.5) is 4.79 Å². The van der Waals surface area contributed by atoms with E-state index < -0.39 is 42.3 Å². The lowest BCUT2D eigenvalue weighted by atomic mass is 10.1. The Morgan fingerprint density at radius 3 is 2.29 bits per heavy atom. The molecule has 0 saturated heterocycles. The number of amides is 3.